The Morgan fingerprint density at radius 2 is 1.95 bits per heavy atom. The number of likely N-dealkylation sites (tertiary alicyclic amines) is 1. The highest BCUT2D eigenvalue weighted by molar-refractivity contribution is 6.35. The summed E-state index contributed by atoms with van der Waals surface area (Å²) in [6.07, 6.45) is -4.96. The van der Waals surface area contributed by atoms with Gasteiger partial charge in [0.1, 0.15) is 11.9 Å². The fraction of sp³-hybridized carbons (Fsp3) is 0.600. The van der Waals surface area contributed by atoms with Gasteiger partial charge in [0.05, 0.1) is 40.6 Å². The topological polar surface area (TPSA) is 106 Å². The summed E-state index contributed by atoms with van der Waals surface area (Å²) in [5, 5.41) is 10.8. The Balaban J connectivity index is 1.45. The van der Waals surface area contributed by atoms with E-state index in [0.29, 0.717) is 41.1 Å². The number of rotatable bonds is 11. The molecule has 2 aliphatic carbocycles. The van der Waals surface area contributed by atoms with Gasteiger partial charge in [-0.25, -0.2) is 4.98 Å². The SMILES string of the molecule is CCOc1cc(O[C@@H]2C[C@@H](C(=O)C[C@]3(C(=O)O)C[C@H]3CC)N(C(=O)C(C)C3(C(F)(F)F)CC3)C2)c2cccc(Cl)c2n1. The summed E-state index contributed by atoms with van der Waals surface area (Å²) in [6, 6.07) is 5.60. The average molecular weight is 611 g/mol. The molecule has 8 nitrogen and oxygen atoms in total. The second kappa shape index (κ2) is 10.9. The summed E-state index contributed by atoms with van der Waals surface area (Å²) >= 11 is 6.37. The number of Topliss-reactive ketones (excluding diaryl/α,β-unsaturated/α-hetero) is 1. The monoisotopic (exact) mass is 610 g/mol. The van der Waals surface area contributed by atoms with Crippen LogP contribution in [0.1, 0.15) is 59.3 Å². The van der Waals surface area contributed by atoms with Gasteiger partial charge in [0.15, 0.2) is 5.78 Å². The zero-order valence-electron chi connectivity index (χ0n) is 23.7. The number of nitrogens with zero attached hydrogens (tertiary/aromatic N) is 2. The average Bonchev–Trinajstić information content (AvgIpc) is 3.84. The zero-order valence-corrected chi connectivity index (χ0v) is 24.4. The van der Waals surface area contributed by atoms with Crippen LogP contribution in [-0.4, -0.2) is 64.1 Å². The molecule has 0 spiro atoms. The van der Waals surface area contributed by atoms with Gasteiger partial charge in [-0.1, -0.05) is 37.9 Å². The molecule has 12 heteroatoms. The van der Waals surface area contributed by atoms with Gasteiger partial charge in [0.2, 0.25) is 11.8 Å². The van der Waals surface area contributed by atoms with Crippen molar-refractivity contribution in [3.05, 3.63) is 29.3 Å². The second-order valence-corrected chi connectivity index (χ2v) is 12.2. The molecule has 1 aliphatic heterocycles. The van der Waals surface area contributed by atoms with Crippen LogP contribution in [0.3, 0.4) is 0 Å². The predicted molar refractivity (Wildman–Crippen MR) is 147 cm³/mol. The van der Waals surface area contributed by atoms with Crippen LogP contribution in [-0.2, 0) is 14.4 Å². The third-order valence-corrected chi connectivity index (χ3v) is 9.73. The lowest BCUT2D eigenvalue weighted by Crippen LogP contribution is -2.48. The molecule has 3 aliphatic rings. The van der Waals surface area contributed by atoms with Gasteiger partial charge in [0.25, 0.3) is 0 Å². The minimum absolute atomic E-state index is 0.0111. The molecule has 2 aromatic rings. The third kappa shape index (κ3) is 5.18. The van der Waals surface area contributed by atoms with E-state index in [4.69, 9.17) is 21.1 Å². The molecule has 1 amide bonds. The number of fused-ring (bicyclic) bond motifs is 1. The lowest BCUT2D eigenvalue weighted by atomic mass is 9.87. The third-order valence-electron chi connectivity index (χ3n) is 9.43. The van der Waals surface area contributed by atoms with E-state index in [0.717, 1.165) is 0 Å². The molecule has 1 saturated heterocycles. The van der Waals surface area contributed by atoms with Crippen LogP contribution in [0.5, 0.6) is 11.6 Å². The van der Waals surface area contributed by atoms with E-state index in [1.54, 1.807) is 31.2 Å². The van der Waals surface area contributed by atoms with Crippen molar-refractivity contribution in [2.75, 3.05) is 13.2 Å². The van der Waals surface area contributed by atoms with Gasteiger partial charge >= 0.3 is 12.1 Å². The fourth-order valence-corrected chi connectivity index (χ4v) is 6.79. The highest BCUT2D eigenvalue weighted by atomic mass is 35.5. The normalized spacial score (nSPS) is 27.0. The van der Waals surface area contributed by atoms with Gasteiger partial charge in [-0.3, -0.25) is 14.4 Å². The highest BCUT2D eigenvalue weighted by Gasteiger charge is 2.68. The fourth-order valence-electron chi connectivity index (χ4n) is 6.57. The predicted octanol–water partition coefficient (Wildman–Crippen LogP) is 6.07. The summed E-state index contributed by atoms with van der Waals surface area (Å²) in [5.74, 6) is -3.29. The lowest BCUT2D eigenvalue weighted by Gasteiger charge is -2.32. The van der Waals surface area contributed by atoms with Crippen LogP contribution in [0.4, 0.5) is 13.2 Å². The summed E-state index contributed by atoms with van der Waals surface area (Å²) in [5.41, 5.74) is -2.90. The first-order valence-corrected chi connectivity index (χ1v) is 14.7. The minimum atomic E-state index is -4.56. The van der Waals surface area contributed by atoms with Gasteiger partial charge in [-0.15, -0.1) is 0 Å². The van der Waals surface area contributed by atoms with E-state index in [1.807, 2.05) is 6.92 Å². The number of carboxylic acids is 1. The maximum absolute atomic E-state index is 13.9. The Kier molecular flexibility index (Phi) is 7.87. The summed E-state index contributed by atoms with van der Waals surface area (Å²) in [6.45, 7) is 5.10. The molecule has 0 radical (unpaired) electrons. The zero-order chi connectivity index (χ0) is 30.6. The molecule has 1 unspecified atom stereocenters. The van der Waals surface area contributed by atoms with Crippen LogP contribution in [0.2, 0.25) is 5.02 Å². The van der Waals surface area contributed by atoms with E-state index < -0.39 is 52.7 Å². The molecular weight excluding hydrogens is 577 g/mol. The van der Waals surface area contributed by atoms with Crippen molar-refractivity contribution in [3.8, 4) is 11.6 Å². The standard InChI is InChI=1S/C30H34ClF3N2O6/c1-4-17-13-28(17,27(39)40)14-22(37)21-11-18(15-36(21)26(38)16(3)29(9-10-29)30(32,33)34)42-23-12-24(41-5-2)35-25-19(23)7-6-8-20(25)31/h6-8,12,16-18,21H,4-5,9-11,13-15H2,1-3H3,(H,39,40)/t16?,17-,18-,21+,28-/m1/s1. The molecule has 1 aromatic heterocycles. The Hall–Kier alpha value is -3.08. The Morgan fingerprint density at radius 3 is 2.52 bits per heavy atom. The summed E-state index contributed by atoms with van der Waals surface area (Å²) < 4.78 is 53.7. The molecule has 1 aromatic carbocycles. The largest absolute Gasteiger partial charge is 0.488 e. The van der Waals surface area contributed by atoms with E-state index in [1.165, 1.54) is 11.8 Å². The van der Waals surface area contributed by atoms with Gasteiger partial charge in [0, 0.05) is 30.2 Å². The van der Waals surface area contributed by atoms with E-state index in [9.17, 15) is 32.7 Å². The molecule has 0 bridgehead atoms. The van der Waals surface area contributed by atoms with Crippen LogP contribution in [0, 0.1) is 22.7 Å². The molecule has 228 valence electrons. The van der Waals surface area contributed by atoms with Crippen LogP contribution in [0.15, 0.2) is 24.3 Å². The maximum atomic E-state index is 13.9. The van der Waals surface area contributed by atoms with Crippen molar-refractivity contribution in [2.45, 2.75) is 77.6 Å². The molecule has 3 fully saturated rings. The first kappa shape index (κ1) is 30.4. The molecule has 1 N–H and O–H groups in total. The number of halogens is 4. The number of para-hydroxylation sites is 1. The second-order valence-electron chi connectivity index (χ2n) is 11.8. The molecular formula is C30H34ClF3N2O6. The number of pyridine rings is 1. The number of benzene rings is 1. The van der Waals surface area contributed by atoms with Crippen LogP contribution < -0.4 is 9.47 Å². The number of carboxylic acid groups (broad SMARTS) is 1. The quantitative estimate of drug-likeness (QED) is 0.329. The summed E-state index contributed by atoms with van der Waals surface area (Å²) in [7, 11) is 0. The van der Waals surface area contributed by atoms with E-state index >= 15 is 0 Å². The first-order valence-electron chi connectivity index (χ1n) is 14.3. The Labute approximate surface area is 246 Å². The number of aromatic nitrogens is 1. The van der Waals surface area contributed by atoms with E-state index in [-0.39, 0.29) is 44.0 Å². The van der Waals surface area contributed by atoms with Crippen molar-refractivity contribution >= 4 is 40.2 Å². The number of carbonyl (C=O) groups is 3. The molecule has 5 atom stereocenters. The smallest absolute Gasteiger partial charge is 0.395 e. The number of hydrogen-bond donors (Lipinski definition) is 1. The number of alkyl halides is 3. The minimum Gasteiger partial charge on any atom is -0.488 e. The lowest BCUT2D eigenvalue weighted by molar-refractivity contribution is -0.205. The number of aliphatic carboxylic acids is 1. The Bertz CT molecular complexity index is 1410. The van der Waals surface area contributed by atoms with Crippen molar-refractivity contribution in [3.63, 3.8) is 0 Å². The number of ether oxygens (including phenoxy) is 2. The number of carbonyl (C=O) groups excluding carboxylic acids is 2. The number of ketones is 1. The van der Waals surface area contributed by atoms with Crippen molar-refractivity contribution in [2.24, 2.45) is 22.7 Å². The molecule has 5 rings (SSSR count). The highest BCUT2D eigenvalue weighted by Crippen LogP contribution is 2.63. The summed E-state index contributed by atoms with van der Waals surface area (Å²) in [4.78, 5) is 45.1. The first-order chi connectivity index (χ1) is 19.8. The van der Waals surface area contributed by atoms with Crippen molar-refractivity contribution in [1.82, 2.24) is 9.88 Å². The molecule has 2 saturated carbocycles. The van der Waals surface area contributed by atoms with Gasteiger partial charge in [-0.05, 0) is 44.2 Å². The van der Waals surface area contributed by atoms with Crippen molar-refractivity contribution in [1.29, 1.82) is 0 Å². The molecule has 42 heavy (non-hydrogen) atoms. The number of hydrogen-bond acceptors (Lipinski definition) is 6. The van der Waals surface area contributed by atoms with Gasteiger partial charge < -0.3 is 19.5 Å². The van der Waals surface area contributed by atoms with Crippen LogP contribution >= 0.6 is 11.6 Å². The van der Waals surface area contributed by atoms with Gasteiger partial charge in [-0.2, -0.15) is 13.2 Å². The van der Waals surface area contributed by atoms with Crippen molar-refractivity contribution < 1.29 is 42.1 Å². The van der Waals surface area contributed by atoms with E-state index in [2.05, 4.69) is 4.98 Å². The Morgan fingerprint density at radius 1 is 1.24 bits per heavy atom. The molecule has 2 heterocycles. The maximum Gasteiger partial charge on any atom is 0.395 e. The van der Waals surface area contributed by atoms with Crippen LogP contribution in [0.25, 0.3) is 10.9 Å². The number of amides is 1.